The monoisotopic (exact) mass is 303 g/mol. The number of carbonyl (C=O) groups is 1. The third kappa shape index (κ3) is 5.60. The number of rotatable bonds is 4. The molecule has 1 N–H and O–H groups in total. The Kier molecular flexibility index (Phi) is 6.97. The van der Waals surface area contributed by atoms with E-state index >= 15 is 0 Å². The molecule has 1 rings (SSSR count). The van der Waals surface area contributed by atoms with Crippen molar-refractivity contribution in [3.63, 3.8) is 0 Å². The Morgan fingerprint density at radius 1 is 1.52 bits per heavy atom. The van der Waals surface area contributed by atoms with Crippen LogP contribution >= 0.6 is 11.8 Å². The molecule has 4 nitrogen and oxygen atoms in total. The summed E-state index contributed by atoms with van der Waals surface area (Å²) in [5.41, 5.74) is 2.70. The van der Waals surface area contributed by atoms with Crippen molar-refractivity contribution in [2.45, 2.75) is 27.2 Å². The molecule has 0 radical (unpaired) electrons. The van der Waals surface area contributed by atoms with Crippen LogP contribution in [0.1, 0.15) is 27.2 Å². The average Bonchev–Trinajstić information content (AvgIpc) is 2.58. The van der Waals surface area contributed by atoms with Crippen LogP contribution in [0.5, 0.6) is 0 Å². The third-order valence-corrected chi connectivity index (χ3v) is 4.03. The molecule has 1 aliphatic rings. The Hall–Kier alpha value is -1.80. The second kappa shape index (κ2) is 8.48. The summed E-state index contributed by atoms with van der Waals surface area (Å²) >= 11 is 1.58. The Bertz CT molecular complexity index is 565. The molecule has 0 aromatic rings. The summed E-state index contributed by atoms with van der Waals surface area (Å²) in [6.07, 6.45) is 8.33. The average molecular weight is 303 g/mol. The van der Waals surface area contributed by atoms with E-state index in [1.54, 1.807) is 17.8 Å². The molecule has 1 aliphatic carbocycles. The van der Waals surface area contributed by atoms with Gasteiger partial charge in [0.1, 0.15) is 0 Å². The fourth-order valence-corrected chi connectivity index (χ4v) is 2.36. The second-order valence-corrected chi connectivity index (χ2v) is 5.75. The van der Waals surface area contributed by atoms with E-state index in [0.29, 0.717) is 18.5 Å². The van der Waals surface area contributed by atoms with Crippen molar-refractivity contribution in [2.24, 2.45) is 10.9 Å². The molecule has 0 bridgehead atoms. The number of nitriles is 1. The van der Waals surface area contributed by atoms with Gasteiger partial charge in [-0.15, -0.1) is 11.8 Å². The molecule has 0 fully saturated rings. The zero-order valence-corrected chi connectivity index (χ0v) is 13.8. The van der Waals surface area contributed by atoms with Crippen LogP contribution in [0.2, 0.25) is 0 Å². The Morgan fingerprint density at radius 2 is 2.24 bits per heavy atom. The molecule has 21 heavy (non-hydrogen) atoms. The fourth-order valence-electron chi connectivity index (χ4n) is 1.87. The molecule has 1 amide bonds. The number of allylic oxidation sites excluding steroid dienone is 5. The minimum Gasteiger partial charge on any atom is -0.356 e. The highest BCUT2D eigenvalue weighted by atomic mass is 32.2. The summed E-state index contributed by atoms with van der Waals surface area (Å²) in [4.78, 5) is 15.6. The Labute approximate surface area is 130 Å². The second-order valence-electron chi connectivity index (χ2n) is 4.87. The van der Waals surface area contributed by atoms with Crippen molar-refractivity contribution in [3.8, 4) is 6.07 Å². The van der Waals surface area contributed by atoms with E-state index in [1.165, 1.54) is 6.92 Å². The van der Waals surface area contributed by atoms with Crippen molar-refractivity contribution >= 4 is 22.7 Å². The molecule has 1 atom stereocenters. The van der Waals surface area contributed by atoms with Crippen LogP contribution in [-0.4, -0.2) is 23.8 Å². The maximum atomic E-state index is 10.9. The van der Waals surface area contributed by atoms with Gasteiger partial charge < -0.3 is 5.32 Å². The quantitative estimate of drug-likeness (QED) is 0.640. The van der Waals surface area contributed by atoms with Crippen LogP contribution in [-0.2, 0) is 4.79 Å². The Morgan fingerprint density at radius 3 is 2.81 bits per heavy atom. The standard InChI is InChI=1S/C16H21N3OS/c1-11-9-14(10-17)5-6-15(12(11)2)19-16(21-4)7-8-18-13(3)20/h5-6,9,11H,7-8H2,1-4H3,(H,18,20)/b19-16-. The van der Waals surface area contributed by atoms with Gasteiger partial charge in [0.05, 0.1) is 16.8 Å². The van der Waals surface area contributed by atoms with Crippen molar-refractivity contribution < 1.29 is 4.79 Å². The number of nitrogens with one attached hydrogen (secondary N) is 1. The first kappa shape index (κ1) is 17.3. The summed E-state index contributed by atoms with van der Waals surface area (Å²) in [6.45, 7) is 6.19. The first-order valence-corrected chi connectivity index (χ1v) is 8.07. The van der Waals surface area contributed by atoms with Crippen LogP contribution in [0.25, 0.3) is 0 Å². The lowest BCUT2D eigenvalue weighted by atomic mass is 10.0. The SMILES string of the molecule is CS/C(CCNC(C)=O)=N\C1=C(C)C(C)C=C(C#N)C=C1. The normalized spacial score (nSPS) is 18.9. The lowest BCUT2D eigenvalue weighted by Gasteiger charge is -2.10. The number of amides is 1. The lowest BCUT2D eigenvalue weighted by molar-refractivity contribution is -0.118. The summed E-state index contributed by atoms with van der Waals surface area (Å²) in [7, 11) is 0. The largest absolute Gasteiger partial charge is 0.356 e. The molecule has 112 valence electrons. The molecule has 0 aromatic carbocycles. The van der Waals surface area contributed by atoms with Gasteiger partial charge in [-0.05, 0) is 36.8 Å². The molecular weight excluding hydrogens is 282 g/mol. The van der Waals surface area contributed by atoms with Crippen LogP contribution in [0.15, 0.2) is 40.1 Å². The zero-order valence-electron chi connectivity index (χ0n) is 12.9. The van der Waals surface area contributed by atoms with Gasteiger partial charge >= 0.3 is 0 Å². The van der Waals surface area contributed by atoms with E-state index in [4.69, 9.17) is 5.26 Å². The number of hydrogen-bond donors (Lipinski definition) is 1. The van der Waals surface area contributed by atoms with Crippen molar-refractivity contribution in [1.82, 2.24) is 5.32 Å². The highest BCUT2D eigenvalue weighted by Gasteiger charge is 2.11. The molecule has 0 saturated heterocycles. The van der Waals surface area contributed by atoms with Gasteiger partial charge in [-0.3, -0.25) is 4.79 Å². The van der Waals surface area contributed by atoms with Gasteiger partial charge in [0.15, 0.2) is 0 Å². The van der Waals surface area contributed by atoms with Crippen LogP contribution in [0, 0.1) is 17.2 Å². The predicted molar refractivity (Wildman–Crippen MR) is 89.0 cm³/mol. The third-order valence-electron chi connectivity index (χ3n) is 3.26. The summed E-state index contributed by atoms with van der Waals surface area (Å²) in [5, 5.41) is 12.8. The van der Waals surface area contributed by atoms with Crippen LogP contribution < -0.4 is 5.32 Å². The zero-order chi connectivity index (χ0) is 15.8. The number of nitrogens with zero attached hydrogens (tertiary/aromatic N) is 2. The number of thioether (sulfide) groups is 1. The number of carbonyl (C=O) groups excluding carboxylic acids is 1. The van der Waals surface area contributed by atoms with Gasteiger partial charge in [0, 0.05) is 25.5 Å². The maximum absolute atomic E-state index is 10.9. The van der Waals surface area contributed by atoms with Crippen LogP contribution in [0.4, 0.5) is 0 Å². The van der Waals surface area contributed by atoms with Crippen molar-refractivity contribution in [1.29, 1.82) is 5.26 Å². The van der Waals surface area contributed by atoms with E-state index in [2.05, 4.69) is 23.3 Å². The van der Waals surface area contributed by atoms with Gasteiger partial charge in [-0.2, -0.15) is 5.26 Å². The highest BCUT2D eigenvalue weighted by Crippen LogP contribution is 2.24. The van der Waals surface area contributed by atoms with Gasteiger partial charge in [0.25, 0.3) is 0 Å². The molecule has 0 saturated carbocycles. The lowest BCUT2D eigenvalue weighted by Crippen LogP contribution is -2.22. The molecule has 5 heteroatoms. The first-order valence-electron chi connectivity index (χ1n) is 6.84. The molecule has 0 heterocycles. The van der Waals surface area contributed by atoms with E-state index in [0.717, 1.165) is 16.3 Å². The van der Waals surface area contributed by atoms with Gasteiger partial charge in [-0.1, -0.05) is 13.0 Å². The minimum atomic E-state index is -0.0308. The molecule has 0 aromatic heterocycles. The number of aliphatic imine (C=N–C) groups is 1. The predicted octanol–water partition coefficient (Wildman–Crippen LogP) is 3.20. The molecule has 0 spiro atoms. The van der Waals surface area contributed by atoms with Gasteiger partial charge in [-0.25, -0.2) is 4.99 Å². The molecule has 0 aliphatic heterocycles. The van der Waals surface area contributed by atoms with E-state index in [-0.39, 0.29) is 11.8 Å². The topological polar surface area (TPSA) is 65.2 Å². The Balaban J connectivity index is 2.91. The van der Waals surface area contributed by atoms with Crippen molar-refractivity contribution in [3.05, 3.63) is 35.1 Å². The van der Waals surface area contributed by atoms with E-state index < -0.39 is 0 Å². The summed E-state index contributed by atoms with van der Waals surface area (Å²) in [6, 6.07) is 2.18. The summed E-state index contributed by atoms with van der Waals surface area (Å²) in [5.74, 6) is 0.156. The fraction of sp³-hybridized carbons (Fsp3) is 0.438. The van der Waals surface area contributed by atoms with E-state index in [9.17, 15) is 4.79 Å². The van der Waals surface area contributed by atoms with E-state index in [1.807, 2.05) is 25.3 Å². The van der Waals surface area contributed by atoms with Crippen molar-refractivity contribution in [2.75, 3.05) is 12.8 Å². The van der Waals surface area contributed by atoms with Crippen LogP contribution in [0.3, 0.4) is 0 Å². The first-order chi connectivity index (χ1) is 9.97. The smallest absolute Gasteiger partial charge is 0.216 e. The number of hydrogen-bond acceptors (Lipinski definition) is 4. The molecular formula is C16H21N3OS. The summed E-state index contributed by atoms with van der Waals surface area (Å²) < 4.78 is 0. The molecule has 1 unspecified atom stereocenters. The highest BCUT2D eigenvalue weighted by molar-refractivity contribution is 8.13. The van der Waals surface area contributed by atoms with Gasteiger partial charge in [0.2, 0.25) is 5.91 Å². The minimum absolute atomic E-state index is 0.0308. The maximum Gasteiger partial charge on any atom is 0.216 e.